The van der Waals surface area contributed by atoms with Gasteiger partial charge in [-0.3, -0.25) is 0 Å². The van der Waals surface area contributed by atoms with Gasteiger partial charge in [0.05, 0.1) is 0 Å². The highest BCUT2D eigenvalue weighted by Gasteiger charge is 2.22. The Kier molecular flexibility index (Phi) is 4.79. The lowest BCUT2D eigenvalue weighted by Gasteiger charge is -2.27. The fourth-order valence-electron chi connectivity index (χ4n) is 2.85. The Bertz CT molecular complexity index is 350. The summed E-state index contributed by atoms with van der Waals surface area (Å²) in [5.74, 6) is 0. The van der Waals surface area contributed by atoms with Gasteiger partial charge in [-0.05, 0) is 57.5 Å². The molecule has 0 aliphatic carbocycles. The number of rotatable bonds is 5. The van der Waals surface area contributed by atoms with E-state index in [1.165, 1.54) is 36.9 Å². The SMILES string of the molecule is CCc1ccc(C(CC2CCCN2)N(C)C)cc1. The second-order valence-corrected chi connectivity index (χ2v) is 5.60. The molecule has 2 rings (SSSR count). The molecule has 0 radical (unpaired) electrons. The molecular weight excluding hydrogens is 220 g/mol. The zero-order chi connectivity index (χ0) is 13.0. The largest absolute Gasteiger partial charge is 0.314 e. The maximum Gasteiger partial charge on any atom is 0.0356 e. The molecule has 0 bridgehead atoms. The molecular formula is C16H26N2. The smallest absolute Gasteiger partial charge is 0.0356 e. The fraction of sp³-hybridized carbons (Fsp3) is 0.625. The van der Waals surface area contributed by atoms with Crippen molar-refractivity contribution in [1.82, 2.24) is 10.2 Å². The summed E-state index contributed by atoms with van der Waals surface area (Å²) in [7, 11) is 4.38. The van der Waals surface area contributed by atoms with Gasteiger partial charge in [-0.2, -0.15) is 0 Å². The van der Waals surface area contributed by atoms with Crippen LogP contribution in [0.5, 0.6) is 0 Å². The highest BCUT2D eigenvalue weighted by atomic mass is 15.1. The normalized spacial score (nSPS) is 21.4. The van der Waals surface area contributed by atoms with Crippen molar-refractivity contribution < 1.29 is 0 Å². The predicted octanol–water partition coefficient (Wildman–Crippen LogP) is 2.99. The summed E-state index contributed by atoms with van der Waals surface area (Å²) >= 11 is 0. The van der Waals surface area contributed by atoms with Crippen LogP contribution in [0, 0.1) is 0 Å². The van der Waals surface area contributed by atoms with Crippen molar-refractivity contribution in [2.75, 3.05) is 20.6 Å². The van der Waals surface area contributed by atoms with E-state index in [0.29, 0.717) is 12.1 Å². The second-order valence-electron chi connectivity index (χ2n) is 5.60. The molecule has 1 aromatic rings. The number of hydrogen-bond acceptors (Lipinski definition) is 2. The summed E-state index contributed by atoms with van der Waals surface area (Å²) in [6.07, 6.45) is 5.01. The minimum absolute atomic E-state index is 0.534. The maximum absolute atomic E-state index is 3.61. The van der Waals surface area contributed by atoms with Crippen molar-refractivity contribution in [3.05, 3.63) is 35.4 Å². The number of benzene rings is 1. The molecule has 0 saturated carbocycles. The molecule has 0 amide bonds. The van der Waals surface area contributed by atoms with Crippen LogP contribution >= 0.6 is 0 Å². The van der Waals surface area contributed by atoms with E-state index in [4.69, 9.17) is 0 Å². The molecule has 1 N–H and O–H groups in total. The Morgan fingerprint density at radius 3 is 2.50 bits per heavy atom. The number of aryl methyl sites for hydroxylation is 1. The molecule has 1 aliphatic rings. The minimum Gasteiger partial charge on any atom is -0.314 e. The van der Waals surface area contributed by atoms with Crippen molar-refractivity contribution in [3.63, 3.8) is 0 Å². The van der Waals surface area contributed by atoms with Gasteiger partial charge >= 0.3 is 0 Å². The maximum atomic E-state index is 3.61. The molecule has 1 aliphatic heterocycles. The molecule has 2 heteroatoms. The number of nitrogens with zero attached hydrogens (tertiary/aromatic N) is 1. The van der Waals surface area contributed by atoms with E-state index in [-0.39, 0.29) is 0 Å². The van der Waals surface area contributed by atoms with E-state index < -0.39 is 0 Å². The van der Waals surface area contributed by atoms with Gasteiger partial charge in [-0.25, -0.2) is 0 Å². The topological polar surface area (TPSA) is 15.3 Å². The lowest BCUT2D eigenvalue weighted by Crippen LogP contribution is -2.29. The van der Waals surface area contributed by atoms with Crippen LogP contribution in [0.2, 0.25) is 0 Å². The first-order valence-corrected chi connectivity index (χ1v) is 7.19. The Morgan fingerprint density at radius 1 is 1.28 bits per heavy atom. The van der Waals surface area contributed by atoms with Gasteiger partial charge in [0, 0.05) is 12.1 Å². The third-order valence-corrected chi connectivity index (χ3v) is 4.07. The third kappa shape index (κ3) is 3.33. The van der Waals surface area contributed by atoms with Crippen molar-refractivity contribution in [2.45, 2.75) is 44.7 Å². The third-order valence-electron chi connectivity index (χ3n) is 4.07. The van der Waals surface area contributed by atoms with Crippen LogP contribution in [0.15, 0.2) is 24.3 Å². The van der Waals surface area contributed by atoms with Gasteiger partial charge < -0.3 is 10.2 Å². The van der Waals surface area contributed by atoms with Crippen molar-refractivity contribution in [1.29, 1.82) is 0 Å². The van der Waals surface area contributed by atoms with Crippen molar-refractivity contribution in [2.24, 2.45) is 0 Å². The molecule has 18 heavy (non-hydrogen) atoms. The van der Waals surface area contributed by atoms with E-state index in [2.05, 4.69) is 55.5 Å². The predicted molar refractivity (Wildman–Crippen MR) is 77.9 cm³/mol. The number of nitrogens with one attached hydrogen (secondary N) is 1. The van der Waals surface area contributed by atoms with E-state index in [1.807, 2.05) is 0 Å². The number of hydrogen-bond donors (Lipinski definition) is 1. The van der Waals surface area contributed by atoms with Gasteiger partial charge in [0.15, 0.2) is 0 Å². The highest BCUT2D eigenvalue weighted by molar-refractivity contribution is 5.25. The van der Waals surface area contributed by atoms with E-state index in [1.54, 1.807) is 0 Å². The van der Waals surface area contributed by atoms with E-state index in [9.17, 15) is 0 Å². The van der Waals surface area contributed by atoms with Crippen LogP contribution in [0.4, 0.5) is 0 Å². The molecule has 0 spiro atoms. The summed E-state index contributed by atoms with van der Waals surface area (Å²) in [5, 5.41) is 3.61. The average Bonchev–Trinajstić information content (AvgIpc) is 2.89. The quantitative estimate of drug-likeness (QED) is 0.859. The lowest BCUT2D eigenvalue weighted by atomic mass is 9.96. The second kappa shape index (κ2) is 6.35. The zero-order valence-corrected chi connectivity index (χ0v) is 11.9. The molecule has 2 unspecified atom stereocenters. The van der Waals surface area contributed by atoms with Crippen LogP contribution in [0.1, 0.15) is 43.4 Å². The van der Waals surface area contributed by atoms with Crippen LogP contribution in [-0.4, -0.2) is 31.6 Å². The first-order chi connectivity index (χ1) is 8.70. The van der Waals surface area contributed by atoms with Crippen LogP contribution in [0.3, 0.4) is 0 Å². The Labute approximate surface area is 111 Å². The van der Waals surface area contributed by atoms with Gasteiger partial charge in [0.2, 0.25) is 0 Å². The Hall–Kier alpha value is -0.860. The Morgan fingerprint density at radius 2 is 2.00 bits per heavy atom. The Balaban J connectivity index is 2.07. The molecule has 2 nitrogen and oxygen atoms in total. The van der Waals surface area contributed by atoms with Crippen LogP contribution in [-0.2, 0) is 6.42 Å². The van der Waals surface area contributed by atoms with Gasteiger partial charge in [-0.15, -0.1) is 0 Å². The molecule has 0 aromatic heterocycles. The monoisotopic (exact) mass is 246 g/mol. The first-order valence-electron chi connectivity index (χ1n) is 7.19. The fourth-order valence-corrected chi connectivity index (χ4v) is 2.85. The summed E-state index contributed by atoms with van der Waals surface area (Å²) in [6, 6.07) is 10.4. The average molecular weight is 246 g/mol. The molecule has 1 heterocycles. The van der Waals surface area contributed by atoms with Crippen LogP contribution in [0.25, 0.3) is 0 Å². The van der Waals surface area contributed by atoms with Gasteiger partial charge in [0.1, 0.15) is 0 Å². The van der Waals surface area contributed by atoms with Crippen molar-refractivity contribution >= 4 is 0 Å². The van der Waals surface area contributed by atoms with Gasteiger partial charge in [-0.1, -0.05) is 31.2 Å². The highest BCUT2D eigenvalue weighted by Crippen LogP contribution is 2.26. The summed E-state index contributed by atoms with van der Waals surface area (Å²) in [4.78, 5) is 2.35. The van der Waals surface area contributed by atoms with Crippen LogP contribution < -0.4 is 5.32 Å². The van der Waals surface area contributed by atoms with Gasteiger partial charge in [0.25, 0.3) is 0 Å². The summed E-state index contributed by atoms with van der Waals surface area (Å²) in [6.45, 7) is 3.40. The molecule has 2 atom stereocenters. The molecule has 1 saturated heterocycles. The zero-order valence-electron chi connectivity index (χ0n) is 11.9. The molecule has 1 fully saturated rings. The lowest BCUT2D eigenvalue weighted by molar-refractivity contribution is 0.263. The summed E-state index contributed by atoms with van der Waals surface area (Å²) < 4.78 is 0. The molecule has 1 aromatic carbocycles. The van der Waals surface area contributed by atoms with E-state index in [0.717, 1.165) is 6.42 Å². The summed E-state index contributed by atoms with van der Waals surface area (Å²) in [5.41, 5.74) is 2.88. The molecule has 100 valence electrons. The standard InChI is InChI=1S/C16H26N2/c1-4-13-7-9-14(10-8-13)16(18(2)3)12-15-6-5-11-17-15/h7-10,15-17H,4-6,11-12H2,1-3H3. The van der Waals surface area contributed by atoms with Crippen molar-refractivity contribution in [3.8, 4) is 0 Å². The minimum atomic E-state index is 0.534. The van der Waals surface area contributed by atoms with E-state index >= 15 is 0 Å². The first kappa shape index (κ1) is 13.6.